The minimum Gasteiger partial charge on any atom is -0.333 e. The van der Waals surface area contributed by atoms with Crippen LogP contribution in [0.25, 0.3) is 0 Å². The van der Waals surface area contributed by atoms with E-state index in [1.165, 1.54) is 20.8 Å². The third-order valence-electron chi connectivity index (χ3n) is 6.19. The Kier molecular flexibility index (Phi) is 4.04. The summed E-state index contributed by atoms with van der Waals surface area (Å²) < 4.78 is 28.0. The average molecular weight is 411 g/mol. The van der Waals surface area contributed by atoms with Gasteiger partial charge in [-0.05, 0) is 41.3 Å². The molecule has 3 heterocycles. The fourth-order valence-corrected chi connectivity index (χ4v) is 6.03. The second-order valence-corrected chi connectivity index (χ2v) is 9.71. The number of hydrogen-bond acceptors (Lipinski definition) is 4. The monoisotopic (exact) mass is 411 g/mol. The first-order valence-corrected chi connectivity index (χ1v) is 11.1. The summed E-state index contributed by atoms with van der Waals surface area (Å²) in [6, 6.07) is 12.4. The lowest BCUT2D eigenvalue weighted by Gasteiger charge is -2.44. The summed E-state index contributed by atoms with van der Waals surface area (Å²) in [7, 11) is -2.17. The van der Waals surface area contributed by atoms with Crippen molar-refractivity contribution in [3.8, 4) is 0 Å². The van der Waals surface area contributed by atoms with Crippen LogP contribution in [0.2, 0.25) is 0 Å². The molecule has 0 aromatic heterocycles. The molecule has 5 rings (SSSR count). The zero-order chi connectivity index (χ0) is 20.3. The number of hydrogen-bond donors (Lipinski definition) is 0. The molecule has 0 N–H and O–H groups in total. The standard InChI is InChI=1S/C21H21N3O4S/c1-22-18-7-6-16(10-15(18)11-20(22)25)29(27,28)23-12-19-17-5-3-2-4-14(17)8-9-24(19)21(26)13-23/h2-7,10,19H,8-9,11-13H2,1H3/t19-/m0/s1. The maximum Gasteiger partial charge on any atom is 0.243 e. The lowest BCUT2D eigenvalue weighted by Crippen LogP contribution is -2.55. The van der Waals surface area contributed by atoms with E-state index in [4.69, 9.17) is 0 Å². The predicted octanol–water partition coefficient (Wildman–Crippen LogP) is 1.34. The van der Waals surface area contributed by atoms with Crippen LogP contribution < -0.4 is 4.90 Å². The largest absolute Gasteiger partial charge is 0.333 e. The maximum absolute atomic E-state index is 13.3. The highest BCUT2D eigenvalue weighted by molar-refractivity contribution is 7.89. The van der Waals surface area contributed by atoms with Gasteiger partial charge in [-0.25, -0.2) is 8.42 Å². The van der Waals surface area contributed by atoms with Crippen LogP contribution in [0.1, 0.15) is 22.7 Å². The van der Waals surface area contributed by atoms with Crippen LogP contribution in [0, 0.1) is 0 Å². The molecule has 3 aliphatic rings. The first kappa shape index (κ1) is 18.3. The molecule has 1 atom stereocenters. The summed E-state index contributed by atoms with van der Waals surface area (Å²) in [4.78, 5) is 28.2. The molecule has 0 aliphatic carbocycles. The molecule has 1 saturated heterocycles. The molecule has 29 heavy (non-hydrogen) atoms. The minimum atomic E-state index is -3.85. The highest BCUT2D eigenvalue weighted by atomic mass is 32.2. The first-order chi connectivity index (χ1) is 13.9. The van der Waals surface area contributed by atoms with Gasteiger partial charge >= 0.3 is 0 Å². The number of anilines is 1. The number of amides is 2. The van der Waals surface area contributed by atoms with Crippen LogP contribution in [0.3, 0.4) is 0 Å². The lowest BCUT2D eigenvalue weighted by molar-refractivity contribution is -0.138. The zero-order valence-electron chi connectivity index (χ0n) is 16.0. The molecular formula is C21H21N3O4S. The number of rotatable bonds is 2. The van der Waals surface area contributed by atoms with Gasteiger partial charge in [-0.15, -0.1) is 0 Å². The van der Waals surface area contributed by atoms with Crippen LogP contribution in [0.5, 0.6) is 0 Å². The lowest BCUT2D eigenvalue weighted by atomic mass is 9.91. The summed E-state index contributed by atoms with van der Waals surface area (Å²) in [5.41, 5.74) is 3.62. The molecule has 0 saturated carbocycles. The smallest absolute Gasteiger partial charge is 0.243 e. The number of likely N-dealkylation sites (N-methyl/N-ethyl adjacent to an activating group) is 1. The van der Waals surface area contributed by atoms with Crippen molar-refractivity contribution >= 4 is 27.5 Å². The number of benzene rings is 2. The fourth-order valence-electron chi connectivity index (χ4n) is 4.59. The summed E-state index contributed by atoms with van der Waals surface area (Å²) in [5.74, 6) is -0.229. The summed E-state index contributed by atoms with van der Waals surface area (Å²) in [6.45, 7) is 0.694. The minimum absolute atomic E-state index is 0.0582. The summed E-state index contributed by atoms with van der Waals surface area (Å²) >= 11 is 0. The molecule has 0 spiro atoms. The number of sulfonamides is 1. The number of carbonyl (C=O) groups excluding carboxylic acids is 2. The SMILES string of the molecule is CN1C(=O)Cc2cc(S(=O)(=O)N3CC(=O)N4CCc5ccccc5[C@@H]4C3)ccc21. The third kappa shape index (κ3) is 2.78. The van der Waals surface area contributed by atoms with E-state index in [9.17, 15) is 18.0 Å². The molecule has 2 aromatic rings. The van der Waals surface area contributed by atoms with Crippen molar-refractivity contribution in [1.82, 2.24) is 9.21 Å². The van der Waals surface area contributed by atoms with E-state index in [-0.39, 0.29) is 42.3 Å². The van der Waals surface area contributed by atoms with Gasteiger partial charge in [0.15, 0.2) is 0 Å². The van der Waals surface area contributed by atoms with Crippen molar-refractivity contribution < 1.29 is 18.0 Å². The Balaban J connectivity index is 1.49. The number of carbonyl (C=O) groups is 2. The molecule has 0 radical (unpaired) electrons. The fraction of sp³-hybridized carbons (Fsp3) is 0.333. The van der Waals surface area contributed by atoms with E-state index in [2.05, 4.69) is 0 Å². The van der Waals surface area contributed by atoms with Crippen molar-refractivity contribution in [2.24, 2.45) is 0 Å². The van der Waals surface area contributed by atoms with Crippen LogP contribution in [-0.4, -0.2) is 56.1 Å². The first-order valence-electron chi connectivity index (χ1n) is 9.63. The van der Waals surface area contributed by atoms with Crippen molar-refractivity contribution in [2.45, 2.75) is 23.8 Å². The van der Waals surface area contributed by atoms with E-state index < -0.39 is 10.0 Å². The second-order valence-electron chi connectivity index (χ2n) is 7.77. The van der Waals surface area contributed by atoms with Gasteiger partial charge in [0.1, 0.15) is 0 Å². The van der Waals surface area contributed by atoms with E-state index >= 15 is 0 Å². The Morgan fingerprint density at radius 1 is 1.00 bits per heavy atom. The third-order valence-corrected chi connectivity index (χ3v) is 7.99. The zero-order valence-corrected chi connectivity index (χ0v) is 16.9. The molecule has 2 amide bonds. The van der Waals surface area contributed by atoms with Gasteiger partial charge in [0.05, 0.1) is 23.9 Å². The molecule has 1 fully saturated rings. The molecule has 2 aromatic carbocycles. The Morgan fingerprint density at radius 3 is 2.62 bits per heavy atom. The molecule has 0 unspecified atom stereocenters. The molecule has 3 aliphatic heterocycles. The molecular weight excluding hydrogens is 390 g/mol. The topological polar surface area (TPSA) is 78.0 Å². The van der Waals surface area contributed by atoms with Crippen molar-refractivity contribution in [1.29, 1.82) is 0 Å². The Hall–Kier alpha value is -2.71. The molecule has 7 nitrogen and oxygen atoms in total. The predicted molar refractivity (Wildman–Crippen MR) is 107 cm³/mol. The van der Waals surface area contributed by atoms with Gasteiger partial charge in [-0.3, -0.25) is 9.59 Å². The highest BCUT2D eigenvalue weighted by Gasteiger charge is 2.41. The number of piperazine rings is 1. The van der Waals surface area contributed by atoms with Gasteiger partial charge in [0, 0.05) is 25.8 Å². The van der Waals surface area contributed by atoms with Crippen molar-refractivity contribution in [3.05, 3.63) is 59.2 Å². The second kappa shape index (κ2) is 6.40. The van der Waals surface area contributed by atoms with Crippen LogP contribution in [0.4, 0.5) is 5.69 Å². The van der Waals surface area contributed by atoms with E-state index in [0.717, 1.165) is 17.7 Å². The van der Waals surface area contributed by atoms with Gasteiger partial charge < -0.3 is 9.80 Å². The van der Waals surface area contributed by atoms with Crippen molar-refractivity contribution in [2.75, 3.05) is 31.6 Å². The van der Waals surface area contributed by atoms with E-state index in [0.29, 0.717) is 12.1 Å². The van der Waals surface area contributed by atoms with Crippen LogP contribution in [0.15, 0.2) is 47.4 Å². The van der Waals surface area contributed by atoms with Crippen molar-refractivity contribution in [3.63, 3.8) is 0 Å². The highest BCUT2D eigenvalue weighted by Crippen LogP contribution is 2.36. The van der Waals surface area contributed by atoms with Crippen LogP contribution >= 0.6 is 0 Å². The van der Waals surface area contributed by atoms with Gasteiger partial charge in [0.25, 0.3) is 0 Å². The quantitative estimate of drug-likeness (QED) is 0.747. The van der Waals surface area contributed by atoms with Crippen LogP contribution in [-0.2, 0) is 32.5 Å². The summed E-state index contributed by atoms with van der Waals surface area (Å²) in [6.07, 6.45) is 0.982. The molecule has 150 valence electrons. The molecule has 8 heteroatoms. The Bertz CT molecular complexity index is 1140. The number of fused-ring (bicyclic) bond motifs is 4. The van der Waals surface area contributed by atoms with Gasteiger partial charge in [-0.2, -0.15) is 4.31 Å². The van der Waals surface area contributed by atoms with E-state index in [1.54, 1.807) is 24.1 Å². The Morgan fingerprint density at radius 2 is 1.79 bits per heavy atom. The normalized spacial score (nSPS) is 21.8. The van der Waals surface area contributed by atoms with E-state index in [1.807, 2.05) is 24.3 Å². The average Bonchev–Trinajstić information content (AvgIpc) is 3.01. The maximum atomic E-state index is 13.3. The van der Waals surface area contributed by atoms with Gasteiger partial charge in [0.2, 0.25) is 21.8 Å². The summed E-state index contributed by atoms with van der Waals surface area (Å²) in [5, 5.41) is 0. The Labute approximate surface area is 169 Å². The molecule has 0 bridgehead atoms. The van der Waals surface area contributed by atoms with Gasteiger partial charge in [-0.1, -0.05) is 24.3 Å². The number of nitrogens with zero attached hydrogens (tertiary/aromatic N) is 3.